The lowest BCUT2D eigenvalue weighted by molar-refractivity contribution is 0.119. The molecular weight excluding hydrogens is 426 g/mol. The number of rotatable bonds is 11. The number of allylic oxidation sites excluding steroid dienone is 1. The summed E-state index contributed by atoms with van der Waals surface area (Å²) in [7, 11) is 0. The maximum Gasteiger partial charge on any atom is 0.142 e. The van der Waals surface area contributed by atoms with Crippen LogP contribution in [-0.2, 0) is 11.4 Å². The molecule has 3 aromatic carbocycles. The van der Waals surface area contributed by atoms with Crippen LogP contribution >= 0.6 is 23.4 Å². The van der Waals surface area contributed by atoms with Gasteiger partial charge in [-0.2, -0.15) is 0 Å². The first-order valence-electron chi connectivity index (χ1n) is 10.2. The van der Waals surface area contributed by atoms with Crippen molar-refractivity contribution < 1.29 is 9.94 Å². The van der Waals surface area contributed by atoms with Crippen LogP contribution in [-0.4, -0.2) is 17.1 Å². The third-order valence-corrected chi connectivity index (χ3v) is 5.90. The van der Waals surface area contributed by atoms with Crippen molar-refractivity contribution in [1.29, 1.82) is 0 Å². The fourth-order valence-corrected chi connectivity index (χ4v) is 3.87. The van der Waals surface area contributed by atoms with E-state index < -0.39 is 6.10 Å². The number of aliphatic hydroxyl groups is 1. The third kappa shape index (κ3) is 8.25. The SMILES string of the molecule is O[C@H](c1ccc(Cl)cc1)[C@@H](/C=N/OCc1ccccc1)C/C=C/CSc1ccccc1. The summed E-state index contributed by atoms with van der Waals surface area (Å²) in [5.74, 6) is 0.657. The highest BCUT2D eigenvalue weighted by atomic mass is 35.5. The molecule has 31 heavy (non-hydrogen) atoms. The highest BCUT2D eigenvalue weighted by molar-refractivity contribution is 7.99. The summed E-state index contributed by atoms with van der Waals surface area (Å²) >= 11 is 7.76. The molecule has 0 fully saturated rings. The zero-order valence-electron chi connectivity index (χ0n) is 17.2. The van der Waals surface area contributed by atoms with Gasteiger partial charge in [0, 0.05) is 21.6 Å². The van der Waals surface area contributed by atoms with Crippen LogP contribution in [0.3, 0.4) is 0 Å². The van der Waals surface area contributed by atoms with E-state index in [1.54, 1.807) is 30.1 Å². The maximum atomic E-state index is 10.9. The second-order valence-electron chi connectivity index (χ2n) is 7.00. The molecule has 0 bridgehead atoms. The minimum atomic E-state index is -0.701. The van der Waals surface area contributed by atoms with Crippen LogP contribution in [0.1, 0.15) is 23.7 Å². The molecule has 160 valence electrons. The van der Waals surface area contributed by atoms with E-state index in [1.807, 2.05) is 60.7 Å². The van der Waals surface area contributed by atoms with Gasteiger partial charge in [-0.25, -0.2) is 0 Å². The lowest BCUT2D eigenvalue weighted by Gasteiger charge is -2.18. The van der Waals surface area contributed by atoms with Gasteiger partial charge in [-0.15, -0.1) is 11.8 Å². The number of aliphatic hydroxyl groups excluding tert-OH is 1. The number of hydrogen-bond donors (Lipinski definition) is 1. The minimum absolute atomic E-state index is 0.213. The predicted octanol–water partition coefficient (Wildman–Crippen LogP) is 6.93. The summed E-state index contributed by atoms with van der Waals surface area (Å²) in [5, 5.41) is 15.7. The van der Waals surface area contributed by atoms with E-state index in [2.05, 4.69) is 29.4 Å². The molecule has 0 aliphatic carbocycles. The molecule has 3 aromatic rings. The molecule has 0 aliphatic rings. The van der Waals surface area contributed by atoms with Gasteiger partial charge in [0.15, 0.2) is 0 Å². The summed E-state index contributed by atoms with van der Waals surface area (Å²) in [5.41, 5.74) is 1.85. The van der Waals surface area contributed by atoms with Gasteiger partial charge in [0.2, 0.25) is 0 Å². The van der Waals surface area contributed by atoms with E-state index in [0.29, 0.717) is 18.1 Å². The van der Waals surface area contributed by atoms with E-state index in [4.69, 9.17) is 16.4 Å². The molecule has 0 unspecified atom stereocenters. The van der Waals surface area contributed by atoms with Crippen molar-refractivity contribution in [3.05, 3.63) is 113 Å². The van der Waals surface area contributed by atoms with Crippen LogP contribution in [0.5, 0.6) is 0 Å². The van der Waals surface area contributed by atoms with Crippen molar-refractivity contribution in [1.82, 2.24) is 0 Å². The molecule has 0 amide bonds. The fourth-order valence-electron chi connectivity index (χ4n) is 2.97. The Morgan fingerprint density at radius 1 is 0.903 bits per heavy atom. The standard InChI is InChI=1S/C26H26ClNO2S/c27-24-16-14-22(15-17-24)26(29)23(19-28-30-20-21-9-3-1-4-10-21)11-7-8-18-31-25-12-5-2-6-13-25/h1-10,12-17,19,23,26,29H,11,18,20H2/b8-7+,28-19+/t23-,26-/m1/s1. The van der Waals surface area contributed by atoms with Gasteiger partial charge in [-0.1, -0.05) is 89.6 Å². The van der Waals surface area contributed by atoms with E-state index in [1.165, 1.54) is 4.90 Å². The Balaban J connectivity index is 1.58. The number of thioether (sulfide) groups is 1. The molecule has 0 heterocycles. The fraction of sp³-hybridized carbons (Fsp3) is 0.192. The Hall–Kier alpha value is -2.53. The van der Waals surface area contributed by atoms with Crippen LogP contribution in [0, 0.1) is 5.92 Å². The number of halogens is 1. The third-order valence-electron chi connectivity index (χ3n) is 4.68. The van der Waals surface area contributed by atoms with Gasteiger partial charge in [0.1, 0.15) is 6.61 Å². The van der Waals surface area contributed by atoms with Crippen molar-refractivity contribution in [3.63, 3.8) is 0 Å². The van der Waals surface area contributed by atoms with Gasteiger partial charge in [-0.05, 0) is 41.8 Å². The van der Waals surface area contributed by atoms with Crippen molar-refractivity contribution in [2.24, 2.45) is 11.1 Å². The zero-order valence-corrected chi connectivity index (χ0v) is 18.8. The van der Waals surface area contributed by atoms with Crippen molar-refractivity contribution in [2.75, 3.05) is 5.75 Å². The molecule has 3 rings (SSSR count). The second-order valence-corrected chi connectivity index (χ2v) is 8.53. The van der Waals surface area contributed by atoms with Crippen molar-refractivity contribution in [2.45, 2.75) is 24.0 Å². The first kappa shape index (κ1) is 23.1. The summed E-state index contributed by atoms with van der Waals surface area (Å²) in [6, 6.07) is 27.4. The molecule has 0 aliphatic heterocycles. The molecule has 0 saturated carbocycles. The highest BCUT2D eigenvalue weighted by Crippen LogP contribution is 2.26. The van der Waals surface area contributed by atoms with Crippen LogP contribution in [0.2, 0.25) is 5.02 Å². The van der Waals surface area contributed by atoms with Crippen LogP contribution in [0.25, 0.3) is 0 Å². The smallest absolute Gasteiger partial charge is 0.142 e. The number of benzene rings is 3. The number of nitrogens with zero attached hydrogens (tertiary/aromatic N) is 1. The lowest BCUT2D eigenvalue weighted by atomic mass is 9.94. The van der Waals surface area contributed by atoms with Gasteiger partial charge in [-0.3, -0.25) is 0 Å². The molecule has 2 atom stereocenters. The molecule has 0 spiro atoms. The van der Waals surface area contributed by atoms with Crippen LogP contribution in [0.4, 0.5) is 0 Å². The number of hydrogen-bond acceptors (Lipinski definition) is 4. The van der Waals surface area contributed by atoms with E-state index in [0.717, 1.165) is 16.9 Å². The van der Waals surface area contributed by atoms with Crippen LogP contribution in [0.15, 0.2) is 107 Å². The second kappa shape index (κ2) is 13.0. The average Bonchev–Trinajstić information content (AvgIpc) is 2.81. The summed E-state index contributed by atoms with van der Waals surface area (Å²) in [4.78, 5) is 6.69. The van der Waals surface area contributed by atoms with Gasteiger partial charge in [0.05, 0.1) is 12.3 Å². The van der Waals surface area contributed by atoms with E-state index >= 15 is 0 Å². The summed E-state index contributed by atoms with van der Waals surface area (Å²) in [6.45, 7) is 0.394. The molecular formula is C26H26ClNO2S. The molecule has 0 aromatic heterocycles. The summed E-state index contributed by atoms with van der Waals surface area (Å²) in [6.07, 6.45) is 5.85. The first-order chi connectivity index (χ1) is 15.2. The Kier molecular flexibility index (Phi) is 9.71. The van der Waals surface area contributed by atoms with Gasteiger partial charge < -0.3 is 9.94 Å². The molecule has 0 radical (unpaired) electrons. The zero-order chi connectivity index (χ0) is 21.7. The lowest BCUT2D eigenvalue weighted by Crippen LogP contribution is -2.14. The Labute approximate surface area is 193 Å². The maximum absolute atomic E-state index is 10.9. The monoisotopic (exact) mass is 451 g/mol. The van der Waals surface area contributed by atoms with Crippen molar-refractivity contribution in [3.8, 4) is 0 Å². The quantitative estimate of drug-likeness (QED) is 0.149. The topological polar surface area (TPSA) is 41.8 Å². The molecule has 0 saturated heterocycles. The van der Waals surface area contributed by atoms with Gasteiger partial charge in [0.25, 0.3) is 0 Å². The molecule has 3 nitrogen and oxygen atoms in total. The van der Waals surface area contributed by atoms with E-state index in [9.17, 15) is 5.11 Å². The minimum Gasteiger partial charge on any atom is -0.391 e. The predicted molar refractivity (Wildman–Crippen MR) is 131 cm³/mol. The van der Waals surface area contributed by atoms with Crippen LogP contribution < -0.4 is 0 Å². The average molecular weight is 452 g/mol. The molecule has 5 heteroatoms. The van der Waals surface area contributed by atoms with Crippen molar-refractivity contribution >= 4 is 29.6 Å². The normalized spacial score (nSPS) is 13.5. The highest BCUT2D eigenvalue weighted by Gasteiger charge is 2.18. The number of oxime groups is 1. The van der Waals surface area contributed by atoms with Gasteiger partial charge >= 0.3 is 0 Å². The Morgan fingerprint density at radius 2 is 1.58 bits per heavy atom. The first-order valence-corrected chi connectivity index (χ1v) is 11.5. The Morgan fingerprint density at radius 3 is 2.29 bits per heavy atom. The Bertz CT molecular complexity index is 946. The van der Waals surface area contributed by atoms with E-state index in [-0.39, 0.29) is 5.92 Å². The molecule has 1 N–H and O–H groups in total. The largest absolute Gasteiger partial charge is 0.391 e. The summed E-state index contributed by atoms with van der Waals surface area (Å²) < 4.78 is 0.